The number of aromatic amines is 1. The van der Waals surface area contributed by atoms with Crippen molar-refractivity contribution in [2.24, 2.45) is 0 Å². The van der Waals surface area contributed by atoms with Crippen LogP contribution in [0.4, 0.5) is 5.13 Å². The average Bonchev–Trinajstić information content (AvgIpc) is 3.32. The van der Waals surface area contributed by atoms with Gasteiger partial charge in [-0.05, 0) is 36.8 Å². The average molecular weight is 520 g/mol. The van der Waals surface area contributed by atoms with Crippen LogP contribution in [0.25, 0.3) is 10.2 Å². The molecule has 0 unspecified atom stereocenters. The number of carbonyl (C=O) groups excluding carboxylic acids is 1. The Bertz CT molecular complexity index is 1450. The number of thiazole rings is 1. The molecule has 0 saturated heterocycles. The third-order valence-electron chi connectivity index (χ3n) is 4.80. The third-order valence-corrected chi connectivity index (χ3v) is 6.67. The molecule has 0 atom stereocenters. The molecular weight excluding hydrogens is 505 g/mol. The number of amides is 1. The molecule has 4 N–H and O–H groups in total. The number of carboxylic acids is 2. The van der Waals surface area contributed by atoms with Crippen LogP contribution in [0.3, 0.4) is 0 Å². The summed E-state index contributed by atoms with van der Waals surface area (Å²) >= 11 is 13.2. The first-order chi connectivity index (χ1) is 16.1. The number of carboxylic acid groups (broad SMARTS) is 2. The highest BCUT2D eigenvalue weighted by atomic mass is 35.5. The summed E-state index contributed by atoms with van der Waals surface area (Å²) in [6.07, 6.45) is 0. The molecule has 34 heavy (non-hydrogen) atoms. The Kier molecular flexibility index (Phi) is 6.47. The van der Waals surface area contributed by atoms with Gasteiger partial charge in [-0.3, -0.25) is 10.1 Å². The maximum absolute atomic E-state index is 12.6. The molecule has 0 fully saturated rings. The van der Waals surface area contributed by atoms with Gasteiger partial charge in [-0.15, -0.1) is 0 Å². The van der Waals surface area contributed by atoms with Crippen LogP contribution in [0.5, 0.6) is 5.75 Å². The van der Waals surface area contributed by atoms with E-state index in [1.54, 1.807) is 19.1 Å². The number of aryl methyl sites for hydroxylation is 1. The summed E-state index contributed by atoms with van der Waals surface area (Å²) in [5.74, 6) is -2.55. The van der Waals surface area contributed by atoms with Crippen LogP contribution >= 0.6 is 34.5 Å². The van der Waals surface area contributed by atoms with Crippen molar-refractivity contribution in [3.63, 3.8) is 0 Å². The first-order valence-electron chi connectivity index (χ1n) is 9.62. The number of H-pyrrole nitrogens is 1. The monoisotopic (exact) mass is 519 g/mol. The van der Waals surface area contributed by atoms with Crippen molar-refractivity contribution >= 4 is 67.7 Å². The van der Waals surface area contributed by atoms with Gasteiger partial charge in [0.05, 0.1) is 25.9 Å². The zero-order chi connectivity index (χ0) is 24.6. The predicted molar refractivity (Wildman–Crippen MR) is 128 cm³/mol. The van der Waals surface area contributed by atoms with Crippen LogP contribution in [0.15, 0.2) is 36.4 Å². The number of aromatic nitrogens is 2. The third kappa shape index (κ3) is 4.69. The normalized spacial score (nSPS) is 10.9. The number of hydrogen-bond donors (Lipinski definition) is 4. The van der Waals surface area contributed by atoms with E-state index in [0.29, 0.717) is 21.5 Å². The summed E-state index contributed by atoms with van der Waals surface area (Å²) in [4.78, 5) is 42.4. The highest BCUT2D eigenvalue weighted by Crippen LogP contribution is 2.35. The molecule has 0 bridgehead atoms. The summed E-state index contributed by atoms with van der Waals surface area (Å²) in [7, 11) is 0. The Morgan fingerprint density at radius 1 is 1.06 bits per heavy atom. The minimum atomic E-state index is -1.15. The van der Waals surface area contributed by atoms with Gasteiger partial charge in [0.25, 0.3) is 5.91 Å². The van der Waals surface area contributed by atoms with Gasteiger partial charge >= 0.3 is 11.9 Å². The molecule has 0 spiro atoms. The Balaban J connectivity index is 1.62. The van der Waals surface area contributed by atoms with E-state index in [-0.39, 0.29) is 44.4 Å². The molecule has 12 heteroatoms. The van der Waals surface area contributed by atoms with Gasteiger partial charge in [0.1, 0.15) is 23.6 Å². The van der Waals surface area contributed by atoms with E-state index in [1.807, 2.05) is 0 Å². The smallest absolute Gasteiger partial charge is 0.335 e. The maximum atomic E-state index is 12.6. The molecule has 9 nitrogen and oxygen atoms in total. The lowest BCUT2D eigenvalue weighted by molar-refractivity contribution is 0.0686. The fourth-order valence-corrected chi connectivity index (χ4v) is 4.41. The minimum Gasteiger partial charge on any atom is -0.487 e. The van der Waals surface area contributed by atoms with Crippen molar-refractivity contribution < 1.29 is 29.3 Å². The van der Waals surface area contributed by atoms with Crippen molar-refractivity contribution in [2.45, 2.75) is 13.5 Å². The Hall–Kier alpha value is -3.60. The number of nitrogens with zero attached hydrogens (tertiary/aromatic N) is 1. The molecule has 1 amide bonds. The van der Waals surface area contributed by atoms with Crippen molar-refractivity contribution in [3.05, 3.63) is 74.5 Å². The number of carbonyl (C=O) groups is 3. The minimum absolute atomic E-state index is 0.0138. The van der Waals surface area contributed by atoms with Crippen LogP contribution < -0.4 is 10.1 Å². The van der Waals surface area contributed by atoms with E-state index in [2.05, 4.69) is 15.3 Å². The first-order valence-corrected chi connectivity index (χ1v) is 11.2. The van der Waals surface area contributed by atoms with E-state index in [0.717, 1.165) is 11.3 Å². The predicted octanol–water partition coefficient (Wildman–Crippen LogP) is 5.47. The van der Waals surface area contributed by atoms with E-state index in [4.69, 9.17) is 33.0 Å². The topological polar surface area (TPSA) is 142 Å². The molecule has 2 heterocycles. The van der Waals surface area contributed by atoms with Crippen molar-refractivity contribution in [1.82, 2.24) is 9.97 Å². The number of ether oxygens (including phenoxy) is 1. The Labute approximate surface area is 205 Å². The van der Waals surface area contributed by atoms with E-state index >= 15 is 0 Å². The summed E-state index contributed by atoms with van der Waals surface area (Å²) in [6.45, 7) is 1.72. The number of nitrogens with one attached hydrogen (secondary N) is 2. The second kappa shape index (κ2) is 9.34. The number of fused-ring (bicyclic) bond motifs is 1. The first kappa shape index (κ1) is 23.6. The molecule has 0 radical (unpaired) electrons. The molecule has 0 aliphatic carbocycles. The van der Waals surface area contributed by atoms with Crippen molar-refractivity contribution in [2.75, 3.05) is 5.32 Å². The molecule has 2 aromatic heterocycles. The zero-order valence-corrected chi connectivity index (χ0v) is 19.6. The largest absolute Gasteiger partial charge is 0.487 e. The molecular formula is C22H15Cl2N3O6S. The van der Waals surface area contributed by atoms with Crippen LogP contribution in [0, 0.1) is 6.92 Å². The lowest BCUT2D eigenvalue weighted by atomic mass is 10.1. The quantitative estimate of drug-likeness (QED) is 0.253. The number of hydrogen-bond acceptors (Lipinski definition) is 6. The SMILES string of the molecule is Cc1[nH]c(C(=O)Nc2nc3c(OCc4ccc(C(=O)O)cc4)cc(C(=O)O)cc3s2)c(Cl)c1Cl. The Morgan fingerprint density at radius 2 is 1.74 bits per heavy atom. The van der Waals surface area contributed by atoms with E-state index in [1.165, 1.54) is 24.3 Å². The van der Waals surface area contributed by atoms with Gasteiger partial charge in [0, 0.05) is 5.69 Å². The number of aromatic carboxylic acids is 2. The van der Waals surface area contributed by atoms with Gasteiger partial charge in [-0.1, -0.05) is 46.7 Å². The summed E-state index contributed by atoms with van der Waals surface area (Å²) in [5.41, 5.74) is 1.78. The van der Waals surface area contributed by atoms with Gasteiger partial charge in [0.2, 0.25) is 0 Å². The lowest BCUT2D eigenvalue weighted by Crippen LogP contribution is -2.12. The Morgan fingerprint density at radius 3 is 2.32 bits per heavy atom. The standard InChI is InChI=1S/C22H15Cl2N3O6S/c1-9-15(23)16(24)18(25-9)19(28)27-22-26-17-13(6-12(21(31)32)7-14(17)34-22)33-8-10-2-4-11(5-3-10)20(29)30/h2-7,25H,8H2,1H3,(H,29,30)(H,31,32)(H,26,27,28). The van der Waals surface area contributed by atoms with Crippen molar-refractivity contribution in [1.29, 1.82) is 0 Å². The lowest BCUT2D eigenvalue weighted by Gasteiger charge is -2.08. The van der Waals surface area contributed by atoms with Crippen LogP contribution in [-0.2, 0) is 6.61 Å². The fourth-order valence-electron chi connectivity index (χ4n) is 3.08. The molecule has 4 rings (SSSR count). The van der Waals surface area contributed by atoms with E-state index in [9.17, 15) is 19.5 Å². The second-order valence-corrected chi connectivity index (χ2v) is 8.93. The molecule has 2 aromatic carbocycles. The van der Waals surface area contributed by atoms with Gasteiger partial charge in [-0.2, -0.15) is 0 Å². The summed E-state index contributed by atoms with van der Waals surface area (Å²) in [5, 5.41) is 21.6. The number of anilines is 1. The van der Waals surface area contributed by atoms with Gasteiger partial charge < -0.3 is 19.9 Å². The molecule has 0 aliphatic heterocycles. The van der Waals surface area contributed by atoms with Crippen LogP contribution in [0.1, 0.15) is 42.5 Å². The summed E-state index contributed by atoms with van der Waals surface area (Å²) < 4.78 is 6.30. The molecule has 4 aromatic rings. The highest BCUT2D eigenvalue weighted by molar-refractivity contribution is 7.22. The molecule has 0 saturated carbocycles. The number of benzene rings is 2. The van der Waals surface area contributed by atoms with E-state index < -0.39 is 17.8 Å². The van der Waals surface area contributed by atoms with Crippen LogP contribution in [-0.4, -0.2) is 38.0 Å². The molecule has 0 aliphatic rings. The van der Waals surface area contributed by atoms with Gasteiger partial charge in [0.15, 0.2) is 5.13 Å². The highest BCUT2D eigenvalue weighted by Gasteiger charge is 2.21. The maximum Gasteiger partial charge on any atom is 0.335 e. The summed E-state index contributed by atoms with van der Waals surface area (Å²) in [6, 6.07) is 8.86. The van der Waals surface area contributed by atoms with Crippen LogP contribution in [0.2, 0.25) is 10.0 Å². The van der Waals surface area contributed by atoms with Gasteiger partial charge in [-0.25, -0.2) is 14.6 Å². The number of rotatable bonds is 7. The second-order valence-electron chi connectivity index (χ2n) is 7.14. The zero-order valence-electron chi connectivity index (χ0n) is 17.3. The number of halogens is 2. The molecule has 174 valence electrons. The fraction of sp³-hybridized carbons (Fsp3) is 0.0909. The van der Waals surface area contributed by atoms with Crippen molar-refractivity contribution in [3.8, 4) is 5.75 Å².